The monoisotopic (exact) mass is 461 g/mol. The molecule has 31 heavy (non-hydrogen) atoms. The molecular weight excluding hydrogens is 430 g/mol. The third-order valence-electron chi connectivity index (χ3n) is 6.75. The van der Waals surface area contributed by atoms with Crippen LogP contribution in [0.25, 0.3) is 10.2 Å². The zero-order valence-electron chi connectivity index (χ0n) is 18.0. The van der Waals surface area contributed by atoms with Gasteiger partial charge in [0.05, 0.1) is 23.8 Å². The topological polar surface area (TPSA) is 73.2 Å². The number of thiophene rings is 1. The smallest absolute Gasteiger partial charge is 0.263 e. The van der Waals surface area contributed by atoms with Crippen molar-refractivity contribution in [1.29, 1.82) is 0 Å². The maximum atomic E-state index is 13.6. The number of nitrogens with zero attached hydrogens (tertiary/aromatic N) is 2. The van der Waals surface area contributed by atoms with Crippen molar-refractivity contribution in [2.75, 3.05) is 12.4 Å². The van der Waals surface area contributed by atoms with Crippen molar-refractivity contribution in [2.24, 2.45) is 0 Å². The number of hydrogen-bond acceptors (Lipinski definition) is 6. The Bertz CT molecular complexity index is 1000. The summed E-state index contributed by atoms with van der Waals surface area (Å²) >= 11 is 3.07. The molecule has 2 aromatic heterocycles. The molecule has 1 saturated heterocycles. The first-order chi connectivity index (χ1) is 15.2. The van der Waals surface area contributed by atoms with Crippen molar-refractivity contribution >= 4 is 39.2 Å². The fraction of sp³-hybridized carbons (Fsp3) is 0.696. The van der Waals surface area contributed by atoms with Gasteiger partial charge >= 0.3 is 0 Å². The SMILES string of the molecule is O=C(CSc1nc2sc3c(c2c(=O)n1CC1CCCO1)CCCC3)NC1CCCCC1. The van der Waals surface area contributed by atoms with Gasteiger partial charge in [0.2, 0.25) is 5.91 Å². The van der Waals surface area contributed by atoms with E-state index >= 15 is 0 Å². The second-order valence-corrected chi connectivity index (χ2v) is 11.1. The van der Waals surface area contributed by atoms with Gasteiger partial charge in [-0.2, -0.15) is 0 Å². The first-order valence-corrected chi connectivity index (χ1v) is 13.6. The number of ether oxygens (including phenoxy) is 1. The van der Waals surface area contributed by atoms with E-state index in [0.717, 1.165) is 61.8 Å². The Morgan fingerprint density at radius 3 is 2.77 bits per heavy atom. The van der Waals surface area contributed by atoms with Gasteiger partial charge in [0.15, 0.2) is 5.16 Å². The standard InChI is InChI=1S/C23H31N3O3S2/c27-19(24-15-7-2-1-3-8-15)14-30-23-25-21-20(17-10-4-5-11-18(17)31-21)22(28)26(23)13-16-9-6-12-29-16/h15-16H,1-14H2,(H,24,27). The van der Waals surface area contributed by atoms with Gasteiger partial charge in [-0.1, -0.05) is 31.0 Å². The lowest BCUT2D eigenvalue weighted by molar-refractivity contribution is -0.119. The first kappa shape index (κ1) is 21.5. The Balaban J connectivity index is 1.41. The van der Waals surface area contributed by atoms with Gasteiger partial charge in [-0.15, -0.1) is 11.3 Å². The number of carbonyl (C=O) groups is 1. The summed E-state index contributed by atoms with van der Waals surface area (Å²) in [6, 6.07) is 0.301. The Morgan fingerprint density at radius 1 is 1.13 bits per heavy atom. The van der Waals surface area contributed by atoms with E-state index in [4.69, 9.17) is 9.72 Å². The van der Waals surface area contributed by atoms with Crippen LogP contribution in [0, 0.1) is 0 Å². The fourth-order valence-corrected chi connectivity index (χ4v) is 7.25. The molecule has 2 fully saturated rings. The maximum Gasteiger partial charge on any atom is 0.263 e. The van der Waals surface area contributed by atoms with Crippen LogP contribution < -0.4 is 10.9 Å². The molecule has 1 amide bonds. The Labute approximate surface area is 191 Å². The van der Waals surface area contributed by atoms with Crippen LogP contribution in [-0.2, 0) is 28.9 Å². The minimum Gasteiger partial charge on any atom is -0.376 e. The summed E-state index contributed by atoms with van der Waals surface area (Å²) < 4.78 is 7.62. The van der Waals surface area contributed by atoms with Gasteiger partial charge in [-0.25, -0.2) is 4.98 Å². The zero-order valence-corrected chi connectivity index (χ0v) is 19.6. The minimum atomic E-state index is 0.0420. The third-order valence-corrected chi connectivity index (χ3v) is 8.91. The van der Waals surface area contributed by atoms with E-state index in [1.807, 2.05) is 0 Å². The quantitative estimate of drug-likeness (QED) is 0.519. The Hall–Kier alpha value is -1.38. The number of fused-ring (bicyclic) bond motifs is 3. The second kappa shape index (κ2) is 9.63. The fourth-order valence-electron chi connectivity index (χ4n) is 5.13. The van der Waals surface area contributed by atoms with Gasteiger partial charge in [-0.3, -0.25) is 14.2 Å². The number of aromatic nitrogens is 2. The van der Waals surface area contributed by atoms with E-state index in [9.17, 15) is 9.59 Å². The Morgan fingerprint density at radius 2 is 1.97 bits per heavy atom. The summed E-state index contributed by atoms with van der Waals surface area (Å²) in [7, 11) is 0. The van der Waals surface area contributed by atoms with Crippen molar-refractivity contribution in [3.63, 3.8) is 0 Å². The molecular formula is C23H31N3O3S2. The van der Waals surface area contributed by atoms with Crippen molar-refractivity contribution in [1.82, 2.24) is 14.9 Å². The number of thioether (sulfide) groups is 1. The molecule has 1 aliphatic heterocycles. The maximum absolute atomic E-state index is 13.6. The number of rotatable bonds is 6. The van der Waals surface area contributed by atoms with E-state index in [1.54, 1.807) is 15.9 Å². The lowest BCUT2D eigenvalue weighted by Crippen LogP contribution is -2.37. The van der Waals surface area contributed by atoms with E-state index < -0.39 is 0 Å². The average molecular weight is 462 g/mol. The van der Waals surface area contributed by atoms with E-state index in [1.165, 1.54) is 47.9 Å². The van der Waals surface area contributed by atoms with Crippen LogP contribution in [0.4, 0.5) is 0 Å². The molecule has 1 unspecified atom stereocenters. The molecule has 1 atom stereocenters. The van der Waals surface area contributed by atoms with Crippen LogP contribution in [0.3, 0.4) is 0 Å². The third kappa shape index (κ3) is 4.71. The van der Waals surface area contributed by atoms with E-state index in [0.29, 0.717) is 23.5 Å². The highest BCUT2D eigenvalue weighted by molar-refractivity contribution is 7.99. The normalized spacial score (nSPS) is 22.0. The summed E-state index contributed by atoms with van der Waals surface area (Å²) in [6.45, 7) is 1.29. The summed E-state index contributed by atoms with van der Waals surface area (Å²) in [6.07, 6.45) is 12.2. The van der Waals surface area contributed by atoms with Crippen molar-refractivity contribution in [2.45, 2.75) is 94.5 Å². The average Bonchev–Trinajstić information content (AvgIpc) is 3.42. The van der Waals surface area contributed by atoms with Gasteiger partial charge in [0, 0.05) is 17.5 Å². The molecule has 2 aliphatic carbocycles. The second-order valence-electron chi connectivity index (χ2n) is 9.03. The molecule has 3 aliphatic rings. The van der Waals surface area contributed by atoms with E-state index in [-0.39, 0.29) is 17.6 Å². The predicted molar refractivity (Wildman–Crippen MR) is 125 cm³/mol. The molecule has 0 radical (unpaired) electrons. The summed E-state index contributed by atoms with van der Waals surface area (Å²) in [5.74, 6) is 0.339. The molecule has 168 valence electrons. The van der Waals surface area contributed by atoms with Crippen LogP contribution in [0.15, 0.2) is 9.95 Å². The highest BCUT2D eigenvalue weighted by Gasteiger charge is 2.25. The van der Waals surface area contributed by atoms with Crippen molar-refractivity contribution in [3.05, 3.63) is 20.8 Å². The molecule has 3 heterocycles. The van der Waals surface area contributed by atoms with Crippen LogP contribution >= 0.6 is 23.1 Å². The lowest BCUT2D eigenvalue weighted by atomic mass is 9.95. The predicted octanol–water partition coefficient (Wildman–Crippen LogP) is 4.06. The number of nitrogens with one attached hydrogen (secondary N) is 1. The van der Waals surface area contributed by atoms with Crippen LogP contribution in [0.5, 0.6) is 0 Å². The number of carbonyl (C=O) groups excluding carboxylic acids is 1. The highest BCUT2D eigenvalue weighted by atomic mass is 32.2. The lowest BCUT2D eigenvalue weighted by Gasteiger charge is -2.22. The molecule has 0 aromatic carbocycles. The number of amides is 1. The van der Waals surface area contributed by atoms with Crippen molar-refractivity contribution in [3.8, 4) is 0 Å². The number of aryl methyl sites for hydroxylation is 2. The molecule has 1 N–H and O–H groups in total. The van der Waals surface area contributed by atoms with Crippen LogP contribution in [-0.4, -0.2) is 40.0 Å². The first-order valence-electron chi connectivity index (χ1n) is 11.8. The van der Waals surface area contributed by atoms with E-state index in [2.05, 4.69) is 5.32 Å². The Kier molecular flexibility index (Phi) is 6.67. The van der Waals surface area contributed by atoms with Gasteiger partial charge in [0.1, 0.15) is 4.83 Å². The molecule has 8 heteroatoms. The summed E-state index contributed by atoms with van der Waals surface area (Å²) in [4.78, 5) is 33.3. The van der Waals surface area contributed by atoms with Gasteiger partial charge < -0.3 is 10.1 Å². The number of hydrogen-bond donors (Lipinski definition) is 1. The van der Waals surface area contributed by atoms with Gasteiger partial charge in [0.25, 0.3) is 5.56 Å². The molecule has 5 rings (SSSR count). The largest absolute Gasteiger partial charge is 0.376 e. The highest BCUT2D eigenvalue weighted by Crippen LogP contribution is 2.35. The van der Waals surface area contributed by atoms with Crippen LogP contribution in [0.1, 0.15) is 68.2 Å². The molecule has 0 bridgehead atoms. The molecule has 2 aromatic rings. The summed E-state index contributed by atoms with van der Waals surface area (Å²) in [5, 5.41) is 4.65. The molecule has 0 spiro atoms. The summed E-state index contributed by atoms with van der Waals surface area (Å²) in [5.41, 5.74) is 1.27. The molecule has 6 nitrogen and oxygen atoms in total. The minimum absolute atomic E-state index is 0.0420. The van der Waals surface area contributed by atoms with Crippen LogP contribution in [0.2, 0.25) is 0 Å². The molecule has 1 saturated carbocycles. The van der Waals surface area contributed by atoms with Crippen molar-refractivity contribution < 1.29 is 9.53 Å². The zero-order chi connectivity index (χ0) is 21.2. The van der Waals surface area contributed by atoms with Gasteiger partial charge in [-0.05, 0) is 56.9 Å².